The number of aromatic nitrogens is 4. The fraction of sp³-hybridized carbons (Fsp3) is 0.353. The molecule has 0 amide bonds. The molecule has 0 aliphatic heterocycles. The Labute approximate surface area is 129 Å². The van der Waals surface area contributed by atoms with Crippen LogP contribution in [0, 0.1) is 6.92 Å². The molecule has 5 nitrogen and oxygen atoms in total. The highest BCUT2D eigenvalue weighted by atomic mass is 15.3. The molecule has 2 heterocycles. The molecule has 0 saturated heterocycles. The van der Waals surface area contributed by atoms with Gasteiger partial charge in [0.1, 0.15) is 17.4 Å². The van der Waals surface area contributed by atoms with E-state index < -0.39 is 0 Å². The average molecular weight is 293 g/mol. The van der Waals surface area contributed by atoms with Gasteiger partial charge in [-0.15, -0.1) is 0 Å². The van der Waals surface area contributed by atoms with Crippen molar-refractivity contribution in [1.82, 2.24) is 19.7 Å². The Bertz CT molecular complexity index is 836. The number of hydrogen-bond donors (Lipinski definition) is 1. The second-order valence-corrected chi connectivity index (χ2v) is 5.92. The first-order valence-electron chi connectivity index (χ1n) is 7.72. The van der Waals surface area contributed by atoms with Crippen molar-refractivity contribution in [1.29, 1.82) is 0 Å². The number of rotatable bonds is 2. The van der Waals surface area contributed by atoms with Gasteiger partial charge >= 0.3 is 0 Å². The highest BCUT2D eigenvalue weighted by Gasteiger charge is 2.21. The maximum absolute atomic E-state index is 4.47. The Hall–Kier alpha value is -2.43. The van der Waals surface area contributed by atoms with Gasteiger partial charge in [0.25, 0.3) is 0 Å². The molecule has 1 aromatic carbocycles. The summed E-state index contributed by atoms with van der Waals surface area (Å²) in [7, 11) is 1.94. The van der Waals surface area contributed by atoms with E-state index in [-0.39, 0.29) is 0 Å². The lowest BCUT2D eigenvalue weighted by molar-refractivity contribution is 0.598. The summed E-state index contributed by atoms with van der Waals surface area (Å²) in [5.74, 6) is 0.870. The van der Waals surface area contributed by atoms with Gasteiger partial charge in [0.15, 0.2) is 5.82 Å². The number of hydrogen-bond acceptors (Lipinski definition) is 4. The SMILES string of the molecule is Cc1nn(C)c2c(NC3CCCc4ccccc43)ncnc12. The number of benzene rings is 1. The molecule has 0 bridgehead atoms. The van der Waals surface area contributed by atoms with E-state index in [1.807, 2.05) is 18.7 Å². The molecule has 0 radical (unpaired) electrons. The smallest absolute Gasteiger partial charge is 0.156 e. The zero-order valence-electron chi connectivity index (χ0n) is 12.9. The second-order valence-electron chi connectivity index (χ2n) is 5.92. The van der Waals surface area contributed by atoms with E-state index in [4.69, 9.17) is 0 Å². The van der Waals surface area contributed by atoms with Crippen LogP contribution < -0.4 is 5.32 Å². The van der Waals surface area contributed by atoms with Crippen molar-refractivity contribution < 1.29 is 0 Å². The van der Waals surface area contributed by atoms with E-state index in [9.17, 15) is 0 Å². The van der Waals surface area contributed by atoms with Gasteiger partial charge in [-0.2, -0.15) is 5.10 Å². The van der Waals surface area contributed by atoms with E-state index in [1.165, 1.54) is 24.0 Å². The minimum absolute atomic E-state index is 0.304. The monoisotopic (exact) mass is 293 g/mol. The zero-order valence-corrected chi connectivity index (χ0v) is 12.9. The van der Waals surface area contributed by atoms with Gasteiger partial charge in [0.2, 0.25) is 0 Å². The third-order valence-corrected chi connectivity index (χ3v) is 4.47. The summed E-state index contributed by atoms with van der Waals surface area (Å²) in [4.78, 5) is 8.83. The van der Waals surface area contributed by atoms with Gasteiger partial charge in [-0.25, -0.2) is 9.97 Å². The van der Waals surface area contributed by atoms with E-state index >= 15 is 0 Å². The highest BCUT2D eigenvalue weighted by Crippen LogP contribution is 2.33. The number of anilines is 1. The predicted octanol–water partition coefficient (Wildman–Crippen LogP) is 3.16. The van der Waals surface area contributed by atoms with Crippen LogP contribution in [0.5, 0.6) is 0 Å². The van der Waals surface area contributed by atoms with Crippen LogP contribution in [-0.4, -0.2) is 19.7 Å². The summed E-state index contributed by atoms with van der Waals surface area (Å²) in [6, 6.07) is 8.99. The van der Waals surface area contributed by atoms with Crippen LogP contribution in [0.3, 0.4) is 0 Å². The van der Waals surface area contributed by atoms with Crippen LogP contribution >= 0.6 is 0 Å². The standard InChI is InChI=1S/C17H19N5/c1-11-15-16(22(2)21-11)17(19-10-18-15)20-14-9-5-7-12-6-3-4-8-13(12)14/h3-4,6,8,10,14H,5,7,9H2,1-2H3,(H,18,19,20). The van der Waals surface area contributed by atoms with Crippen LogP contribution in [0.25, 0.3) is 11.0 Å². The number of fused-ring (bicyclic) bond motifs is 2. The summed E-state index contributed by atoms with van der Waals surface area (Å²) in [6.07, 6.45) is 5.11. The van der Waals surface area contributed by atoms with Gasteiger partial charge in [0.05, 0.1) is 11.7 Å². The highest BCUT2D eigenvalue weighted by molar-refractivity contribution is 5.87. The molecule has 1 N–H and O–H groups in total. The molecule has 2 aromatic heterocycles. The number of nitrogens with zero attached hydrogens (tertiary/aromatic N) is 4. The van der Waals surface area contributed by atoms with Gasteiger partial charge in [-0.1, -0.05) is 24.3 Å². The van der Waals surface area contributed by atoms with Crippen molar-refractivity contribution in [3.05, 3.63) is 47.4 Å². The first kappa shape index (κ1) is 13.2. The summed E-state index contributed by atoms with van der Waals surface area (Å²) in [6.45, 7) is 1.98. The van der Waals surface area contributed by atoms with Crippen LogP contribution in [0.4, 0.5) is 5.82 Å². The predicted molar refractivity (Wildman–Crippen MR) is 86.8 cm³/mol. The lowest BCUT2D eigenvalue weighted by Gasteiger charge is -2.27. The lowest BCUT2D eigenvalue weighted by atomic mass is 9.88. The van der Waals surface area contributed by atoms with Gasteiger partial charge < -0.3 is 5.32 Å². The molecule has 1 atom stereocenters. The summed E-state index contributed by atoms with van der Waals surface area (Å²) in [5.41, 5.74) is 5.66. The van der Waals surface area contributed by atoms with Crippen molar-refractivity contribution >= 4 is 16.9 Å². The van der Waals surface area contributed by atoms with Crippen molar-refractivity contribution in [3.63, 3.8) is 0 Å². The molecule has 4 rings (SSSR count). The fourth-order valence-corrected chi connectivity index (χ4v) is 3.45. The molecule has 0 fully saturated rings. The zero-order chi connectivity index (χ0) is 15.1. The van der Waals surface area contributed by atoms with Crippen molar-refractivity contribution in [2.45, 2.75) is 32.2 Å². The molecule has 22 heavy (non-hydrogen) atoms. The van der Waals surface area contributed by atoms with Crippen molar-refractivity contribution in [2.75, 3.05) is 5.32 Å². The summed E-state index contributed by atoms with van der Waals surface area (Å²) >= 11 is 0. The van der Waals surface area contributed by atoms with Crippen LogP contribution in [0.15, 0.2) is 30.6 Å². The molecule has 1 aliphatic carbocycles. The van der Waals surface area contributed by atoms with Crippen molar-refractivity contribution in [3.8, 4) is 0 Å². The maximum Gasteiger partial charge on any atom is 0.156 e. The Balaban J connectivity index is 1.76. The minimum atomic E-state index is 0.304. The van der Waals surface area contributed by atoms with Gasteiger partial charge in [-0.3, -0.25) is 4.68 Å². The first-order chi connectivity index (χ1) is 10.7. The molecular formula is C17H19N5. The summed E-state index contributed by atoms with van der Waals surface area (Å²) in [5, 5.41) is 8.08. The molecule has 0 spiro atoms. The molecule has 1 unspecified atom stereocenters. The molecular weight excluding hydrogens is 274 g/mol. The Morgan fingerprint density at radius 2 is 2.09 bits per heavy atom. The van der Waals surface area contributed by atoms with Crippen molar-refractivity contribution in [2.24, 2.45) is 7.05 Å². The second kappa shape index (κ2) is 5.09. The van der Waals surface area contributed by atoms with Crippen LogP contribution in [0.1, 0.15) is 35.7 Å². The largest absolute Gasteiger partial charge is 0.361 e. The van der Waals surface area contributed by atoms with E-state index in [0.717, 1.165) is 29.0 Å². The third kappa shape index (κ3) is 2.04. The number of aryl methyl sites for hydroxylation is 3. The first-order valence-corrected chi connectivity index (χ1v) is 7.72. The molecule has 1 aliphatic rings. The molecule has 5 heteroatoms. The number of nitrogens with one attached hydrogen (secondary N) is 1. The fourth-order valence-electron chi connectivity index (χ4n) is 3.45. The normalized spacial score (nSPS) is 17.5. The van der Waals surface area contributed by atoms with Crippen LogP contribution in [0.2, 0.25) is 0 Å². The summed E-state index contributed by atoms with van der Waals surface area (Å²) < 4.78 is 1.86. The van der Waals surface area contributed by atoms with Gasteiger partial charge in [0, 0.05) is 7.05 Å². The van der Waals surface area contributed by atoms with Crippen LogP contribution in [-0.2, 0) is 13.5 Å². The Morgan fingerprint density at radius 3 is 3.00 bits per heavy atom. The Kier molecular flexibility index (Phi) is 3.06. The quantitative estimate of drug-likeness (QED) is 0.788. The lowest BCUT2D eigenvalue weighted by Crippen LogP contribution is -2.18. The topological polar surface area (TPSA) is 55.6 Å². The minimum Gasteiger partial charge on any atom is -0.361 e. The van der Waals surface area contributed by atoms with Gasteiger partial charge in [-0.05, 0) is 37.3 Å². The average Bonchev–Trinajstić information content (AvgIpc) is 2.83. The molecule has 0 saturated carbocycles. The van der Waals surface area contributed by atoms with E-state index in [1.54, 1.807) is 6.33 Å². The van der Waals surface area contributed by atoms with E-state index in [2.05, 4.69) is 44.6 Å². The maximum atomic E-state index is 4.47. The third-order valence-electron chi connectivity index (χ3n) is 4.47. The Morgan fingerprint density at radius 1 is 1.23 bits per heavy atom. The molecule has 112 valence electrons. The van der Waals surface area contributed by atoms with E-state index in [0.29, 0.717) is 6.04 Å². The molecule has 3 aromatic rings.